The van der Waals surface area contributed by atoms with Crippen molar-refractivity contribution >= 4 is 30.0 Å². The average Bonchev–Trinajstić information content (AvgIpc) is 3.34. The third-order valence-corrected chi connectivity index (χ3v) is 6.48. The second kappa shape index (κ2) is 14.4. The first-order valence-electron chi connectivity index (χ1n) is 12.9. The Morgan fingerprint density at radius 2 is 1.78 bits per heavy atom. The molecule has 9 nitrogen and oxygen atoms in total. The van der Waals surface area contributed by atoms with E-state index in [9.17, 15) is 24.0 Å². The van der Waals surface area contributed by atoms with Crippen molar-refractivity contribution in [3.05, 3.63) is 35.4 Å². The van der Waals surface area contributed by atoms with Gasteiger partial charge in [0.05, 0.1) is 12.5 Å². The number of carboxylic acids is 1. The smallest absolute Gasteiger partial charge is 0.305 e. The Kier molecular flexibility index (Phi) is 11.6. The summed E-state index contributed by atoms with van der Waals surface area (Å²) < 4.78 is 0. The van der Waals surface area contributed by atoms with Gasteiger partial charge in [0, 0.05) is 12.1 Å². The fourth-order valence-electron chi connectivity index (χ4n) is 4.40. The molecule has 1 aromatic carbocycles. The van der Waals surface area contributed by atoms with Crippen LogP contribution in [0.15, 0.2) is 24.3 Å². The minimum absolute atomic E-state index is 0.224. The van der Waals surface area contributed by atoms with Crippen molar-refractivity contribution in [2.75, 3.05) is 6.54 Å². The van der Waals surface area contributed by atoms with Crippen molar-refractivity contribution in [3.63, 3.8) is 0 Å². The van der Waals surface area contributed by atoms with Crippen molar-refractivity contribution in [2.45, 2.75) is 90.3 Å². The standard InChI is InChI=1S/C27H39N3O6/c1-4-5-6-7-9-19-11-13-20(14-12-19)25(34)29-24(18(2)3)27(36)30-15-8-10-22(30)26(35)28-21(17-31)16-23(32)33/h11-14,17-18,21-22,24H,4-10,15-16H2,1-3H3,(H,28,35)(H,29,34)(H,32,33). The molecular weight excluding hydrogens is 462 g/mol. The van der Waals surface area contributed by atoms with E-state index in [1.807, 2.05) is 26.0 Å². The lowest BCUT2D eigenvalue weighted by Crippen LogP contribution is -2.56. The van der Waals surface area contributed by atoms with E-state index in [-0.39, 0.29) is 17.7 Å². The summed E-state index contributed by atoms with van der Waals surface area (Å²) in [7, 11) is 0. The molecule has 3 unspecified atom stereocenters. The molecule has 3 amide bonds. The van der Waals surface area contributed by atoms with E-state index in [2.05, 4.69) is 17.6 Å². The summed E-state index contributed by atoms with van der Waals surface area (Å²) in [5.74, 6) is -2.73. The normalized spacial score (nSPS) is 16.9. The van der Waals surface area contributed by atoms with Crippen LogP contribution in [-0.2, 0) is 25.6 Å². The highest BCUT2D eigenvalue weighted by Crippen LogP contribution is 2.21. The van der Waals surface area contributed by atoms with Crippen LogP contribution in [-0.4, -0.2) is 64.7 Å². The Bertz CT molecular complexity index is 915. The van der Waals surface area contributed by atoms with Crippen LogP contribution in [0.1, 0.15) is 81.6 Å². The monoisotopic (exact) mass is 501 g/mol. The lowest BCUT2D eigenvalue weighted by atomic mass is 10.0. The Labute approximate surface area is 213 Å². The van der Waals surface area contributed by atoms with Crippen molar-refractivity contribution < 1.29 is 29.1 Å². The fraction of sp³-hybridized carbons (Fsp3) is 0.593. The molecule has 198 valence electrons. The predicted octanol–water partition coefficient (Wildman–Crippen LogP) is 2.71. The number of amides is 3. The average molecular weight is 502 g/mol. The molecule has 0 bridgehead atoms. The van der Waals surface area contributed by atoms with Gasteiger partial charge in [-0.1, -0.05) is 52.2 Å². The zero-order valence-corrected chi connectivity index (χ0v) is 21.5. The lowest BCUT2D eigenvalue weighted by Gasteiger charge is -2.31. The molecule has 0 spiro atoms. The molecule has 1 aliphatic rings. The van der Waals surface area contributed by atoms with Gasteiger partial charge in [0.15, 0.2) is 0 Å². The molecule has 1 heterocycles. The van der Waals surface area contributed by atoms with Gasteiger partial charge >= 0.3 is 5.97 Å². The summed E-state index contributed by atoms with van der Waals surface area (Å²) in [5, 5.41) is 14.2. The largest absolute Gasteiger partial charge is 0.481 e. The Hall–Kier alpha value is -3.23. The van der Waals surface area contributed by atoms with Gasteiger partial charge in [-0.15, -0.1) is 0 Å². The molecule has 1 aromatic rings. The first-order chi connectivity index (χ1) is 17.2. The van der Waals surface area contributed by atoms with Gasteiger partial charge in [-0.05, 0) is 49.3 Å². The number of carbonyl (C=O) groups excluding carboxylic acids is 4. The lowest BCUT2D eigenvalue weighted by molar-refractivity contribution is -0.142. The number of nitrogens with one attached hydrogen (secondary N) is 2. The van der Waals surface area contributed by atoms with Crippen LogP contribution >= 0.6 is 0 Å². The number of unbranched alkanes of at least 4 members (excludes halogenated alkanes) is 3. The van der Waals surface area contributed by atoms with E-state index in [0.29, 0.717) is 31.2 Å². The van der Waals surface area contributed by atoms with E-state index >= 15 is 0 Å². The number of aryl methyl sites for hydroxylation is 1. The maximum absolute atomic E-state index is 13.4. The van der Waals surface area contributed by atoms with Gasteiger partial charge in [-0.3, -0.25) is 19.2 Å². The van der Waals surface area contributed by atoms with Crippen LogP contribution in [0.2, 0.25) is 0 Å². The molecular formula is C27H39N3O6. The zero-order chi connectivity index (χ0) is 26.7. The summed E-state index contributed by atoms with van der Waals surface area (Å²) in [4.78, 5) is 62.6. The Morgan fingerprint density at radius 1 is 1.08 bits per heavy atom. The zero-order valence-electron chi connectivity index (χ0n) is 21.5. The molecule has 3 N–H and O–H groups in total. The number of hydrogen-bond acceptors (Lipinski definition) is 5. The molecule has 36 heavy (non-hydrogen) atoms. The van der Waals surface area contributed by atoms with Gasteiger partial charge in [0.25, 0.3) is 5.91 Å². The molecule has 1 aliphatic heterocycles. The molecule has 0 aromatic heterocycles. The molecule has 2 rings (SSSR count). The van der Waals surface area contributed by atoms with Crippen LogP contribution in [0.3, 0.4) is 0 Å². The first-order valence-corrected chi connectivity index (χ1v) is 12.9. The van der Waals surface area contributed by atoms with Crippen molar-refractivity contribution in [2.24, 2.45) is 5.92 Å². The third-order valence-electron chi connectivity index (χ3n) is 6.48. The van der Waals surface area contributed by atoms with Crippen LogP contribution < -0.4 is 10.6 Å². The molecule has 1 saturated heterocycles. The van der Waals surface area contributed by atoms with Gasteiger partial charge in [-0.25, -0.2) is 0 Å². The summed E-state index contributed by atoms with van der Waals surface area (Å²) in [6, 6.07) is 4.59. The van der Waals surface area contributed by atoms with Gasteiger partial charge < -0.3 is 25.4 Å². The molecule has 3 atom stereocenters. The molecule has 0 saturated carbocycles. The highest BCUT2D eigenvalue weighted by atomic mass is 16.4. The van der Waals surface area contributed by atoms with E-state index in [4.69, 9.17) is 5.11 Å². The van der Waals surface area contributed by atoms with Crippen LogP contribution in [0.25, 0.3) is 0 Å². The summed E-state index contributed by atoms with van der Waals surface area (Å²) in [6.45, 7) is 6.16. The number of hydrogen-bond donors (Lipinski definition) is 3. The number of carboxylic acid groups (broad SMARTS) is 1. The van der Waals surface area contributed by atoms with Crippen molar-refractivity contribution in [3.8, 4) is 0 Å². The maximum Gasteiger partial charge on any atom is 0.305 e. The highest BCUT2D eigenvalue weighted by molar-refractivity contribution is 5.98. The minimum Gasteiger partial charge on any atom is -0.481 e. The summed E-state index contributed by atoms with van der Waals surface area (Å²) in [5.41, 5.74) is 1.63. The number of benzene rings is 1. The van der Waals surface area contributed by atoms with Gasteiger partial charge in [0.1, 0.15) is 18.4 Å². The second-order valence-corrected chi connectivity index (χ2v) is 9.74. The number of nitrogens with zero attached hydrogens (tertiary/aromatic N) is 1. The molecule has 1 fully saturated rings. The van der Waals surface area contributed by atoms with E-state index in [0.717, 1.165) is 12.8 Å². The predicted molar refractivity (Wildman–Crippen MR) is 135 cm³/mol. The summed E-state index contributed by atoms with van der Waals surface area (Å²) in [6.07, 6.45) is 6.48. The second-order valence-electron chi connectivity index (χ2n) is 9.74. The number of aldehydes is 1. The topological polar surface area (TPSA) is 133 Å². The highest BCUT2D eigenvalue weighted by Gasteiger charge is 2.39. The third kappa shape index (κ3) is 8.46. The number of rotatable bonds is 14. The van der Waals surface area contributed by atoms with Gasteiger partial charge in [0.2, 0.25) is 11.8 Å². The number of likely N-dealkylation sites (tertiary alicyclic amines) is 1. The van der Waals surface area contributed by atoms with E-state index < -0.39 is 36.4 Å². The van der Waals surface area contributed by atoms with E-state index in [1.54, 1.807) is 12.1 Å². The molecule has 9 heteroatoms. The number of aliphatic carboxylic acids is 1. The van der Waals surface area contributed by atoms with E-state index in [1.165, 1.54) is 29.7 Å². The fourth-order valence-corrected chi connectivity index (χ4v) is 4.40. The number of carbonyl (C=O) groups is 5. The molecule has 0 radical (unpaired) electrons. The van der Waals surface area contributed by atoms with Crippen LogP contribution in [0, 0.1) is 5.92 Å². The SMILES string of the molecule is CCCCCCc1ccc(C(=O)NC(C(=O)N2CCCC2C(=O)NC(C=O)CC(=O)O)C(C)C)cc1. The minimum atomic E-state index is -1.21. The Balaban J connectivity index is 2.04. The molecule has 0 aliphatic carbocycles. The van der Waals surface area contributed by atoms with Crippen LogP contribution in [0.5, 0.6) is 0 Å². The van der Waals surface area contributed by atoms with Crippen molar-refractivity contribution in [1.82, 2.24) is 15.5 Å². The quantitative estimate of drug-likeness (QED) is 0.265. The Morgan fingerprint density at radius 3 is 2.36 bits per heavy atom. The van der Waals surface area contributed by atoms with Crippen LogP contribution in [0.4, 0.5) is 0 Å². The van der Waals surface area contributed by atoms with Gasteiger partial charge in [-0.2, -0.15) is 0 Å². The van der Waals surface area contributed by atoms with Crippen molar-refractivity contribution in [1.29, 1.82) is 0 Å². The summed E-state index contributed by atoms with van der Waals surface area (Å²) >= 11 is 0. The first kappa shape index (κ1) is 29.0. The maximum atomic E-state index is 13.4.